The average Bonchev–Trinajstić information content (AvgIpc) is 3.72. The lowest BCUT2D eigenvalue weighted by Gasteiger charge is -2.15. The Hall–Kier alpha value is -3.19. The Balaban J connectivity index is 1.05. The number of aryl methyl sites for hydroxylation is 2. The Morgan fingerprint density at radius 1 is 0.805 bits per heavy atom. The van der Waals surface area contributed by atoms with Crippen LogP contribution in [0.15, 0.2) is 79.8 Å². The number of nitrogens with one attached hydrogen (secondary N) is 4. The largest absolute Gasteiger partial charge is 0.363 e. The van der Waals surface area contributed by atoms with E-state index >= 15 is 0 Å². The third-order valence-electron chi connectivity index (χ3n) is 6.83. The van der Waals surface area contributed by atoms with Crippen molar-refractivity contribution in [3.8, 4) is 0 Å². The van der Waals surface area contributed by atoms with Crippen molar-refractivity contribution in [3.63, 3.8) is 0 Å². The smallest absolute Gasteiger partial charge is 0.166 e. The lowest BCUT2D eigenvalue weighted by molar-refractivity contribution is 0.949. The Labute approximate surface area is 263 Å². The van der Waals surface area contributed by atoms with E-state index in [1.807, 2.05) is 43.3 Å². The molecule has 6 rings (SSSR count). The van der Waals surface area contributed by atoms with Crippen LogP contribution in [0, 0.1) is 13.8 Å². The minimum Gasteiger partial charge on any atom is -0.363 e. The molecule has 0 bridgehead atoms. The number of anilines is 5. The molecule has 5 aromatic rings. The molecular formula is C29H28Br2N8S2. The van der Waals surface area contributed by atoms with Crippen molar-refractivity contribution >= 4 is 103 Å². The minimum absolute atomic E-state index is 0.774. The molecule has 0 unspecified atom stereocenters. The van der Waals surface area contributed by atoms with Gasteiger partial charge in [0.1, 0.15) is 10.5 Å². The van der Waals surface area contributed by atoms with Crippen LogP contribution in [-0.4, -0.2) is 17.5 Å². The number of azo groups is 1. The van der Waals surface area contributed by atoms with Crippen molar-refractivity contribution in [1.82, 2.24) is 4.37 Å². The van der Waals surface area contributed by atoms with E-state index in [2.05, 4.69) is 104 Å². The van der Waals surface area contributed by atoms with Gasteiger partial charge in [-0.1, -0.05) is 27.3 Å². The number of benzene rings is 3. The highest BCUT2D eigenvalue weighted by molar-refractivity contribution is 9.11. The molecule has 1 fully saturated rings. The predicted molar refractivity (Wildman–Crippen MR) is 182 cm³/mol. The van der Waals surface area contributed by atoms with Crippen LogP contribution in [0.2, 0.25) is 0 Å². The zero-order valence-electron chi connectivity index (χ0n) is 22.5. The number of halogens is 2. The highest BCUT2D eigenvalue weighted by Crippen LogP contribution is 2.38. The van der Waals surface area contributed by atoms with Crippen LogP contribution in [0.4, 0.5) is 37.8 Å². The first kappa shape index (κ1) is 28.0. The molecule has 2 aromatic heterocycles. The first-order chi connectivity index (χ1) is 19.9. The van der Waals surface area contributed by atoms with Crippen LogP contribution >= 0.6 is 54.7 Å². The molecule has 1 aliphatic rings. The first-order valence-electron chi connectivity index (χ1n) is 13.2. The summed E-state index contributed by atoms with van der Waals surface area (Å²) in [7, 11) is 0. The molecule has 0 atom stereocenters. The van der Waals surface area contributed by atoms with E-state index in [1.165, 1.54) is 29.4 Å². The number of nitrogens with zero attached hydrogens (tertiary/aromatic N) is 4. The summed E-state index contributed by atoms with van der Waals surface area (Å²) in [5.41, 5.74) is 20.1. The topological polar surface area (TPSA) is 89.0 Å². The number of hydrazine groups is 2. The fourth-order valence-electron chi connectivity index (χ4n) is 4.63. The van der Waals surface area contributed by atoms with Crippen molar-refractivity contribution in [2.75, 3.05) is 39.7 Å². The number of fused-ring (bicyclic) bond motifs is 1. The maximum absolute atomic E-state index is 4.51. The fourth-order valence-corrected chi connectivity index (χ4v) is 7.68. The fraction of sp³-hybridized carbons (Fsp3) is 0.207. The number of thiophene rings is 1. The standard InChI is InChI=1S/C29H28Br2N8S2/c1-17-14-21(33-36-26-9-10-27(40-26)39-11-3-4-12-39)6-7-24(17)34-32-20-5-8-25(18(2)13-20)35-37-29-22-15-19(30)16-23(31)28(22)38-41-29/h5-10,13-16,32-34,36H,3-4,11-12H2,1-2H3. The van der Waals surface area contributed by atoms with Gasteiger partial charge in [-0.25, -0.2) is 0 Å². The van der Waals surface area contributed by atoms with Gasteiger partial charge in [0.2, 0.25) is 0 Å². The summed E-state index contributed by atoms with van der Waals surface area (Å²) >= 11 is 10.2. The van der Waals surface area contributed by atoms with Gasteiger partial charge >= 0.3 is 0 Å². The van der Waals surface area contributed by atoms with E-state index in [0.29, 0.717) is 0 Å². The van der Waals surface area contributed by atoms with Crippen LogP contribution in [0.3, 0.4) is 0 Å². The van der Waals surface area contributed by atoms with Gasteiger partial charge < -0.3 is 21.2 Å². The number of hydrogen-bond acceptors (Lipinski definition) is 10. The molecule has 0 amide bonds. The zero-order chi connectivity index (χ0) is 28.3. The van der Waals surface area contributed by atoms with Gasteiger partial charge in [-0.3, -0.25) is 5.43 Å². The lowest BCUT2D eigenvalue weighted by atomic mass is 10.2. The van der Waals surface area contributed by atoms with Gasteiger partial charge in [-0.05, 0) is 126 Å². The molecule has 4 N–H and O–H groups in total. The molecule has 0 spiro atoms. The maximum atomic E-state index is 4.51. The number of rotatable bonds is 9. The molecule has 1 aliphatic heterocycles. The molecule has 0 saturated carbocycles. The van der Waals surface area contributed by atoms with Crippen LogP contribution in [0.5, 0.6) is 0 Å². The summed E-state index contributed by atoms with van der Waals surface area (Å²) in [5, 5.41) is 13.2. The molecule has 1 saturated heterocycles. The van der Waals surface area contributed by atoms with E-state index in [-0.39, 0.29) is 0 Å². The molecule has 8 nitrogen and oxygen atoms in total. The summed E-state index contributed by atoms with van der Waals surface area (Å²) in [6.45, 7) is 6.43. The van der Waals surface area contributed by atoms with E-state index in [0.717, 1.165) is 76.8 Å². The Bertz CT molecular complexity index is 1730. The summed E-state index contributed by atoms with van der Waals surface area (Å²) in [4.78, 5) is 2.45. The van der Waals surface area contributed by atoms with Crippen molar-refractivity contribution in [3.05, 3.63) is 80.7 Å². The summed E-state index contributed by atoms with van der Waals surface area (Å²) < 4.78 is 6.41. The summed E-state index contributed by atoms with van der Waals surface area (Å²) in [6.07, 6.45) is 2.57. The van der Waals surface area contributed by atoms with Crippen molar-refractivity contribution in [2.24, 2.45) is 10.2 Å². The van der Waals surface area contributed by atoms with Crippen LogP contribution < -0.4 is 26.6 Å². The average molecular weight is 713 g/mol. The molecular weight excluding hydrogens is 684 g/mol. The number of aromatic nitrogens is 1. The normalized spacial score (nSPS) is 13.3. The molecule has 0 radical (unpaired) electrons. The lowest BCUT2D eigenvalue weighted by Crippen LogP contribution is -2.15. The third-order valence-corrected chi connectivity index (χ3v) is 9.71. The van der Waals surface area contributed by atoms with Crippen molar-refractivity contribution in [2.45, 2.75) is 26.7 Å². The second kappa shape index (κ2) is 12.4. The summed E-state index contributed by atoms with van der Waals surface area (Å²) in [6, 6.07) is 20.5. The number of hydrogen-bond donors (Lipinski definition) is 4. The zero-order valence-corrected chi connectivity index (χ0v) is 27.3. The van der Waals surface area contributed by atoms with E-state index < -0.39 is 0 Å². The Morgan fingerprint density at radius 2 is 1.56 bits per heavy atom. The first-order valence-corrected chi connectivity index (χ1v) is 16.4. The monoisotopic (exact) mass is 710 g/mol. The van der Waals surface area contributed by atoms with Crippen LogP contribution in [0.1, 0.15) is 24.0 Å². The van der Waals surface area contributed by atoms with Crippen LogP contribution in [0.25, 0.3) is 10.9 Å². The van der Waals surface area contributed by atoms with Gasteiger partial charge in [-0.2, -0.15) is 4.37 Å². The summed E-state index contributed by atoms with van der Waals surface area (Å²) in [5.74, 6) is 0. The molecule has 3 heterocycles. The molecule has 12 heteroatoms. The second-order valence-electron chi connectivity index (χ2n) is 9.83. The Kier molecular flexibility index (Phi) is 8.42. The van der Waals surface area contributed by atoms with Gasteiger partial charge in [0.15, 0.2) is 5.00 Å². The van der Waals surface area contributed by atoms with E-state index in [9.17, 15) is 0 Å². The second-order valence-corrected chi connectivity index (χ2v) is 13.4. The third kappa shape index (κ3) is 6.50. The SMILES string of the molecule is Cc1cc(NNc2ccc(NNc3ccc(N4CCCC4)s3)cc2C)ccc1N=Nc1snc2c(Br)cc(Br)cc12. The van der Waals surface area contributed by atoms with Gasteiger partial charge in [0, 0.05) is 27.4 Å². The predicted octanol–water partition coefficient (Wildman–Crippen LogP) is 10.4. The maximum Gasteiger partial charge on any atom is 0.166 e. The van der Waals surface area contributed by atoms with E-state index in [1.54, 1.807) is 11.3 Å². The highest BCUT2D eigenvalue weighted by Gasteiger charge is 2.14. The molecule has 3 aromatic carbocycles. The molecule has 210 valence electrons. The van der Waals surface area contributed by atoms with E-state index in [4.69, 9.17) is 0 Å². The van der Waals surface area contributed by atoms with Crippen molar-refractivity contribution in [1.29, 1.82) is 0 Å². The quantitative estimate of drug-likeness (QED) is 0.0899. The van der Waals surface area contributed by atoms with Crippen molar-refractivity contribution < 1.29 is 0 Å². The van der Waals surface area contributed by atoms with Gasteiger partial charge in [0.25, 0.3) is 0 Å². The van der Waals surface area contributed by atoms with Gasteiger partial charge in [-0.15, -0.1) is 10.2 Å². The molecule has 0 aliphatic carbocycles. The minimum atomic E-state index is 0.774. The highest BCUT2D eigenvalue weighted by atomic mass is 79.9. The van der Waals surface area contributed by atoms with Crippen LogP contribution in [-0.2, 0) is 0 Å². The molecule has 41 heavy (non-hydrogen) atoms. The van der Waals surface area contributed by atoms with Gasteiger partial charge in [0.05, 0.1) is 27.8 Å². The Morgan fingerprint density at radius 3 is 2.34 bits per heavy atom.